The molecule has 0 saturated carbocycles. The predicted octanol–water partition coefficient (Wildman–Crippen LogP) is 10.8. The quantitative estimate of drug-likeness (QED) is 0.157. The molecule has 0 radical (unpaired) electrons. The molecule has 0 amide bonds. The molecule has 0 N–H and O–H groups in total. The van der Waals surface area contributed by atoms with Gasteiger partial charge in [-0.05, 0) is 85.0 Å². The van der Waals surface area contributed by atoms with Gasteiger partial charge in [-0.2, -0.15) is 0 Å². The zero-order valence-electron chi connectivity index (χ0n) is 24.0. The van der Waals surface area contributed by atoms with E-state index in [-0.39, 0.29) is 18.1 Å². The summed E-state index contributed by atoms with van der Waals surface area (Å²) in [4.78, 5) is 0. The third-order valence-electron chi connectivity index (χ3n) is 7.22. The first-order chi connectivity index (χ1) is 20.5. The van der Waals surface area contributed by atoms with Crippen molar-refractivity contribution in [2.45, 2.75) is 27.7 Å². The van der Waals surface area contributed by atoms with Gasteiger partial charge >= 0.3 is 0 Å². The summed E-state index contributed by atoms with van der Waals surface area (Å²) in [5.41, 5.74) is 6.31. The highest BCUT2D eigenvalue weighted by Gasteiger charge is 2.19. The Kier molecular flexibility index (Phi) is 8.29. The summed E-state index contributed by atoms with van der Waals surface area (Å²) in [5.74, 6) is 3.18. The number of rotatable bonds is 9. The van der Waals surface area contributed by atoms with Crippen LogP contribution in [-0.2, 0) is 0 Å². The van der Waals surface area contributed by atoms with Crippen molar-refractivity contribution in [2.24, 2.45) is 0 Å². The minimum Gasteiger partial charge on any atom is -0.440 e. The van der Waals surface area contributed by atoms with Gasteiger partial charge in [0.15, 0.2) is 0 Å². The van der Waals surface area contributed by atoms with Crippen molar-refractivity contribution in [1.29, 1.82) is 0 Å². The maximum atomic E-state index is 6.41. The number of aryl methyl sites for hydroxylation is 4. The van der Waals surface area contributed by atoms with Gasteiger partial charge < -0.3 is 18.1 Å². The van der Waals surface area contributed by atoms with E-state index in [1.165, 1.54) is 0 Å². The topological polar surface area (TPSA) is 36.9 Å². The second-order valence-electron chi connectivity index (χ2n) is 10.4. The Morgan fingerprint density at radius 2 is 0.833 bits per heavy atom. The highest BCUT2D eigenvalue weighted by atomic mass is 31.1. The fraction of sp³-hybridized carbons (Fsp3) is 0.111. The van der Waals surface area contributed by atoms with Crippen molar-refractivity contribution in [2.75, 3.05) is 0 Å². The normalized spacial score (nSPS) is 11.6. The van der Waals surface area contributed by atoms with Crippen molar-refractivity contribution >= 4 is 39.6 Å². The van der Waals surface area contributed by atoms with E-state index in [1.54, 1.807) is 0 Å². The zero-order valence-corrected chi connectivity index (χ0v) is 26.0. The van der Waals surface area contributed by atoms with Crippen LogP contribution in [-0.4, -0.2) is 0 Å². The SMILES string of the molecule is Cc1cc(C)c(OPOc2cccc3ccccc23)c(-c2cc(C)cc(C)c2OPOc2cccc3ccccc23)c1. The van der Waals surface area contributed by atoms with Crippen molar-refractivity contribution in [3.05, 3.63) is 131 Å². The first kappa shape index (κ1) is 28.0. The third-order valence-corrected chi connectivity index (χ3v) is 8.40. The Balaban J connectivity index is 1.28. The largest absolute Gasteiger partial charge is 0.440 e. The lowest BCUT2D eigenvalue weighted by Gasteiger charge is -2.20. The molecule has 0 fully saturated rings. The van der Waals surface area contributed by atoms with Crippen LogP contribution in [0.5, 0.6) is 23.0 Å². The molecule has 6 heteroatoms. The van der Waals surface area contributed by atoms with E-state index in [9.17, 15) is 0 Å². The van der Waals surface area contributed by atoms with Gasteiger partial charge in [0, 0.05) is 21.9 Å². The molecule has 0 saturated heterocycles. The Morgan fingerprint density at radius 3 is 1.29 bits per heavy atom. The van der Waals surface area contributed by atoms with Crippen molar-refractivity contribution in [3.8, 4) is 34.1 Å². The van der Waals surface area contributed by atoms with E-state index < -0.39 is 0 Å². The summed E-state index contributed by atoms with van der Waals surface area (Å²) < 4.78 is 25.2. The molecule has 0 heterocycles. The Morgan fingerprint density at radius 1 is 0.429 bits per heavy atom. The fourth-order valence-electron chi connectivity index (χ4n) is 5.36. The Labute approximate surface area is 250 Å². The summed E-state index contributed by atoms with van der Waals surface area (Å²) in [5, 5.41) is 4.40. The molecule has 42 heavy (non-hydrogen) atoms. The van der Waals surface area contributed by atoms with Crippen LogP contribution in [0.2, 0.25) is 0 Å². The highest BCUT2D eigenvalue weighted by molar-refractivity contribution is 7.27. The average Bonchev–Trinajstić information content (AvgIpc) is 2.99. The maximum absolute atomic E-state index is 6.41. The molecule has 6 rings (SSSR count). The van der Waals surface area contributed by atoms with E-state index in [4.69, 9.17) is 18.1 Å². The van der Waals surface area contributed by atoms with Crippen LogP contribution in [0.4, 0.5) is 0 Å². The molecule has 0 spiro atoms. The number of benzene rings is 6. The van der Waals surface area contributed by atoms with Crippen LogP contribution < -0.4 is 18.1 Å². The van der Waals surface area contributed by atoms with Gasteiger partial charge in [-0.15, -0.1) is 0 Å². The zero-order chi connectivity index (χ0) is 29.1. The molecule has 210 valence electrons. The van der Waals surface area contributed by atoms with E-state index in [1.807, 2.05) is 48.5 Å². The van der Waals surface area contributed by atoms with Gasteiger partial charge in [0.05, 0.1) is 0 Å². The molecule has 4 nitrogen and oxygen atoms in total. The number of fused-ring (bicyclic) bond motifs is 2. The van der Waals surface area contributed by atoms with Crippen LogP contribution in [0.3, 0.4) is 0 Å². The number of hydrogen-bond donors (Lipinski definition) is 0. The van der Waals surface area contributed by atoms with Crippen LogP contribution >= 0.6 is 18.1 Å². The maximum Gasteiger partial charge on any atom is 0.275 e. The van der Waals surface area contributed by atoms with Gasteiger partial charge in [-0.25, -0.2) is 0 Å². The van der Waals surface area contributed by atoms with Crippen LogP contribution in [0.15, 0.2) is 109 Å². The molecule has 0 aliphatic heterocycles. The molecule has 2 unspecified atom stereocenters. The standard InChI is InChI=1S/C36H32O4P2/c1-23-19-25(3)35(39-41-37-33-17-9-13-27-11-5-7-15-29(27)33)31(21-23)32-22-24(2)20-26(4)36(32)40-42-38-34-18-10-14-28-12-6-8-16-30(28)34/h5-22,41-42H,1-4H3. The molecular formula is C36H32O4P2. The lowest BCUT2D eigenvalue weighted by atomic mass is 9.95. The lowest BCUT2D eigenvalue weighted by molar-refractivity contribution is 0.512. The van der Waals surface area contributed by atoms with Crippen molar-refractivity contribution in [3.63, 3.8) is 0 Å². The van der Waals surface area contributed by atoms with Crippen molar-refractivity contribution in [1.82, 2.24) is 0 Å². The summed E-state index contributed by atoms with van der Waals surface area (Å²) in [6.45, 7) is 8.35. The summed E-state index contributed by atoms with van der Waals surface area (Å²) in [7, 11) is -0.430. The van der Waals surface area contributed by atoms with Gasteiger partial charge in [0.25, 0.3) is 18.1 Å². The predicted molar refractivity (Wildman–Crippen MR) is 178 cm³/mol. The highest BCUT2D eigenvalue weighted by Crippen LogP contribution is 2.45. The smallest absolute Gasteiger partial charge is 0.275 e. The minimum atomic E-state index is -0.215. The van der Waals surface area contributed by atoms with Crippen LogP contribution in [0.25, 0.3) is 32.7 Å². The van der Waals surface area contributed by atoms with Gasteiger partial charge in [0.2, 0.25) is 0 Å². The van der Waals surface area contributed by atoms with Gasteiger partial charge in [-0.3, -0.25) is 0 Å². The van der Waals surface area contributed by atoms with E-state index in [0.717, 1.165) is 77.9 Å². The molecule has 0 aliphatic carbocycles. The van der Waals surface area contributed by atoms with E-state index in [0.29, 0.717) is 0 Å². The summed E-state index contributed by atoms with van der Waals surface area (Å²) in [6.07, 6.45) is 0. The Bertz CT molecular complexity index is 1750. The minimum absolute atomic E-state index is 0.215. The van der Waals surface area contributed by atoms with Gasteiger partial charge in [-0.1, -0.05) is 84.9 Å². The second kappa shape index (κ2) is 12.4. The monoisotopic (exact) mass is 590 g/mol. The molecule has 2 atom stereocenters. The first-order valence-corrected chi connectivity index (χ1v) is 15.5. The summed E-state index contributed by atoms with van der Waals surface area (Å²) in [6, 6.07) is 37.1. The molecule has 0 aromatic heterocycles. The lowest BCUT2D eigenvalue weighted by Crippen LogP contribution is -1.97. The molecule has 6 aromatic rings. The molecule has 0 aliphatic rings. The van der Waals surface area contributed by atoms with E-state index >= 15 is 0 Å². The number of hydrogen-bond acceptors (Lipinski definition) is 4. The third kappa shape index (κ3) is 5.93. The van der Waals surface area contributed by atoms with Crippen LogP contribution in [0.1, 0.15) is 22.3 Å². The Hall–Kier alpha value is -4.10. The molecule has 0 bridgehead atoms. The first-order valence-electron chi connectivity index (χ1n) is 13.8. The van der Waals surface area contributed by atoms with E-state index in [2.05, 4.69) is 88.4 Å². The average molecular weight is 591 g/mol. The summed E-state index contributed by atoms with van der Waals surface area (Å²) >= 11 is 0. The van der Waals surface area contributed by atoms with Gasteiger partial charge in [0.1, 0.15) is 23.0 Å². The molecular weight excluding hydrogens is 558 g/mol. The van der Waals surface area contributed by atoms with Crippen molar-refractivity contribution < 1.29 is 18.1 Å². The molecule has 6 aromatic carbocycles. The second-order valence-corrected chi connectivity index (χ2v) is 11.6. The fourth-order valence-corrected chi connectivity index (χ4v) is 6.69. The van der Waals surface area contributed by atoms with Crippen LogP contribution in [0, 0.1) is 27.7 Å².